The van der Waals surface area contributed by atoms with Gasteiger partial charge in [-0.15, -0.1) is 12.4 Å². The summed E-state index contributed by atoms with van der Waals surface area (Å²) in [7, 11) is 0. The molecule has 1 aromatic carbocycles. The Bertz CT molecular complexity index is 573. The lowest BCUT2D eigenvalue weighted by atomic mass is 9.97. The molecule has 120 valence electrons. The molecule has 1 aliphatic rings. The van der Waals surface area contributed by atoms with Gasteiger partial charge in [0.25, 0.3) is 5.89 Å². The average molecular weight is 323 g/mol. The summed E-state index contributed by atoms with van der Waals surface area (Å²) in [6.07, 6.45) is 3.62. The minimum Gasteiger partial charge on any atom is -0.334 e. The maximum Gasteiger partial charge on any atom is 0.257 e. The Balaban J connectivity index is 0.00000176. The van der Waals surface area contributed by atoms with Crippen LogP contribution in [0.25, 0.3) is 11.5 Å². The van der Waals surface area contributed by atoms with Crippen LogP contribution in [-0.2, 0) is 6.54 Å². The van der Waals surface area contributed by atoms with Gasteiger partial charge in [0.1, 0.15) is 0 Å². The number of aromatic nitrogens is 2. The normalized spacial score (nSPS) is 20.4. The summed E-state index contributed by atoms with van der Waals surface area (Å²) in [5.74, 6) is 1.32. The van der Waals surface area contributed by atoms with Gasteiger partial charge in [-0.2, -0.15) is 4.98 Å². The van der Waals surface area contributed by atoms with Crippen molar-refractivity contribution in [1.82, 2.24) is 15.0 Å². The SMILES string of the molecule is CC(N)C1CCCCN1Cc1noc(-c2ccccc2)n1.Cl. The van der Waals surface area contributed by atoms with Gasteiger partial charge in [-0.25, -0.2) is 0 Å². The van der Waals surface area contributed by atoms with E-state index in [2.05, 4.69) is 22.0 Å². The Hall–Kier alpha value is -1.43. The topological polar surface area (TPSA) is 68.2 Å². The van der Waals surface area contributed by atoms with Crippen molar-refractivity contribution in [2.24, 2.45) is 5.73 Å². The van der Waals surface area contributed by atoms with Crippen LogP contribution in [0.5, 0.6) is 0 Å². The van der Waals surface area contributed by atoms with Crippen LogP contribution in [0.4, 0.5) is 0 Å². The zero-order chi connectivity index (χ0) is 14.7. The maximum atomic E-state index is 6.10. The van der Waals surface area contributed by atoms with E-state index >= 15 is 0 Å². The monoisotopic (exact) mass is 322 g/mol. The molecule has 2 atom stereocenters. The molecule has 3 rings (SSSR count). The fourth-order valence-electron chi connectivity index (χ4n) is 3.01. The summed E-state index contributed by atoms with van der Waals surface area (Å²) < 4.78 is 5.37. The predicted molar refractivity (Wildman–Crippen MR) is 88.7 cm³/mol. The number of benzene rings is 1. The Kier molecular flexibility index (Phi) is 5.94. The van der Waals surface area contributed by atoms with Gasteiger partial charge < -0.3 is 10.3 Å². The maximum absolute atomic E-state index is 6.10. The molecule has 1 fully saturated rings. The van der Waals surface area contributed by atoms with Crippen LogP contribution >= 0.6 is 12.4 Å². The van der Waals surface area contributed by atoms with E-state index in [9.17, 15) is 0 Å². The summed E-state index contributed by atoms with van der Waals surface area (Å²) in [5.41, 5.74) is 7.06. The molecule has 0 amide bonds. The zero-order valence-corrected chi connectivity index (χ0v) is 13.6. The number of halogens is 1. The molecule has 0 spiro atoms. The lowest BCUT2D eigenvalue weighted by Gasteiger charge is -2.37. The summed E-state index contributed by atoms with van der Waals surface area (Å²) in [5, 5.41) is 4.11. The van der Waals surface area contributed by atoms with Crippen molar-refractivity contribution in [3.8, 4) is 11.5 Å². The molecule has 0 bridgehead atoms. The molecule has 0 saturated carbocycles. The van der Waals surface area contributed by atoms with Gasteiger partial charge >= 0.3 is 0 Å². The second-order valence-electron chi connectivity index (χ2n) is 5.77. The van der Waals surface area contributed by atoms with Crippen LogP contribution in [0.1, 0.15) is 32.0 Å². The molecule has 1 saturated heterocycles. The van der Waals surface area contributed by atoms with Crippen molar-refractivity contribution in [2.45, 2.75) is 44.8 Å². The van der Waals surface area contributed by atoms with Crippen LogP contribution in [0.2, 0.25) is 0 Å². The molecule has 5 nitrogen and oxygen atoms in total. The second-order valence-corrected chi connectivity index (χ2v) is 5.77. The quantitative estimate of drug-likeness (QED) is 0.937. The fraction of sp³-hybridized carbons (Fsp3) is 0.500. The predicted octanol–water partition coefficient (Wildman–Crippen LogP) is 2.86. The van der Waals surface area contributed by atoms with Crippen LogP contribution in [-0.4, -0.2) is 33.7 Å². The van der Waals surface area contributed by atoms with Crippen molar-refractivity contribution in [3.05, 3.63) is 36.2 Å². The van der Waals surface area contributed by atoms with Gasteiger partial charge in [0.05, 0.1) is 6.54 Å². The van der Waals surface area contributed by atoms with Crippen LogP contribution in [0.3, 0.4) is 0 Å². The highest BCUT2D eigenvalue weighted by molar-refractivity contribution is 5.85. The Morgan fingerprint density at radius 2 is 2.09 bits per heavy atom. The Labute approximate surface area is 137 Å². The molecule has 2 heterocycles. The fourth-order valence-corrected chi connectivity index (χ4v) is 3.01. The molecule has 0 aliphatic carbocycles. The zero-order valence-electron chi connectivity index (χ0n) is 12.8. The third kappa shape index (κ3) is 3.85. The van der Waals surface area contributed by atoms with E-state index in [4.69, 9.17) is 10.3 Å². The van der Waals surface area contributed by atoms with E-state index in [-0.39, 0.29) is 18.4 Å². The molecule has 22 heavy (non-hydrogen) atoms. The minimum atomic E-state index is 0. The first-order valence-corrected chi connectivity index (χ1v) is 7.61. The first-order chi connectivity index (χ1) is 10.2. The number of hydrogen-bond donors (Lipinski definition) is 1. The third-order valence-corrected chi connectivity index (χ3v) is 4.10. The molecule has 6 heteroatoms. The van der Waals surface area contributed by atoms with Gasteiger partial charge in [-0.3, -0.25) is 4.90 Å². The van der Waals surface area contributed by atoms with Gasteiger partial charge in [0.15, 0.2) is 5.82 Å². The summed E-state index contributed by atoms with van der Waals surface area (Å²) in [6, 6.07) is 10.4. The third-order valence-electron chi connectivity index (χ3n) is 4.10. The number of hydrogen-bond acceptors (Lipinski definition) is 5. The molecule has 1 aliphatic heterocycles. The molecular formula is C16H23ClN4O. The van der Waals surface area contributed by atoms with Crippen molar-refractivity contribution in [3.63, 3.8) is 0 Å². The van der Waals surface area contributed by atoms with Crippen LogP contribution in [0.15, 0.2) is 34.9 Å². The van der Waals surface area contributed by atoms with Gasteiger partial charge in [0.2, 0.25) is 0 Å². The van der Waals surface area contributed by atoms with Crippen molar-refractivity contribution in [2.75, 3.05) is 6.54 Å². The molecule has 2 unspecified atom stereocenters. The van der Waals surface area contributed by atoms with Gasteiger partial charge in [-0.1, -0.05) is 29.8 Å². The number of likely N-dealkylation sites (tertiary alicyclic amines) is 1. The van der Waals surface area contributed by atoms with Gasteiger partial charge in [0, 0.05) is 17.6 Å². The molecule has 2 aromatic rings. The number of piperidine rings is 1. The second kappa shape index (κ2) is 7.72. The Morgan fingerprint density at radius 1 is 1.32 bits per heavy atom. The van der Waals surface area contributed by atoms with E-state index in [1.807, 2.05) is 30.3 Å². The van der Waals surface area contributed by atoms with Crippen molar-refractivity contribution < 1.29 is 4.52 Å². The minimum absolute atomic E-state index is 0. The number of nitrogens with zero attached hydrogens (tertiary/aromatic N) is 3. The van der Waals surface area contributed by atoms with E-state index in [1.165, 1.54) is 12.8 Å². The summed E-state index contributed by atoms with van der Waals surface area (Å²) in [6.45, 7) is 3.85. The van der Waals surface area contributed by atoms with Crippen molar-refractivity contribution in [1.29, 1.82) is 0 Å². The van der Waals surface area contributed by atoms with Crippen LogP contribution in [0, 0.1) is 0 Å². The lowest BCUT2D eigenvalue weighted by Crippen LogP contribution is -2.48. The van der Waals surface area contributed by atoms with E-state index < -0.39 is 0 Å². The Morgan fingerprint density at radius 3 is 2.82 bits per heavy atom. The first kappa shape index (κ1) is 16.9. The largest absolute Gasteiger partial charge is 0.334 e. The van der Waals surface area contributed by atoms with Crippen molar-refractivity contribution >= 4 is 12.4 Å². The first-order valence-electron chi connectivity index (χ1n) is 7.61. The molecular weight excluding hydrogens is 300 g/mol. The van der Waals surface area contributed by atoms with E-state index in [0.717, 1.165) is 24.4 Å². The molecule has 0 radical (unpaired) electrons. The van der Waals surface area contributed by atoms with Gasteiger partial charge in [-0.05, 0) is 38.4 Å². The highest BCUT2D eigenvalue weighted by Gasteiger charge is 2.26. The van der Waals surface area contributed by atoms with Crippen LogP contribution < -0.4 is 5.73 Å². The number of nitrogens with two attached hydrogens (primary N) is 1. The highest BCUT2D eigenvalue weighted by atomic mass is 35.5. The summed E-state index contributed by atoms with van der Waals surface area (Å²) in [4.78, 5) is 6.89. The average Bonchev–Trinajstić information content (AvgIpc) is 2.97. The highest BCUT2D eigenvalue weighted by Crippen LogP contribution is 2.22. The molecule has 1 aromatic heterocycles. The van der Waals surface area contributed by atoms with E-state index in [0.29, 0.717) is 18.5 Å². The standard InChI is InChI=1S/C16H22N4O.ClH/c1-12(17)14-9-5-6-10-20(14)11-15-18-16(21-19-15)13-7-3-2-4-8-13;/h2-4,7-8,12,14H,5-6,9-11,17H2,1H3;1H. The number of rotatable bonds is 4. The lowest BCUT2D eigenvalue weighted by molar-refractivity contribution is 0.118. The molecule has 2 N–H and O–H groups in total. The summed E-state index contributed by atoms with van der Waals surface area (Å²) >= 11 is 0. The smallest absolute Gasteiger partial charge is 0.257 e. The van der Waals surface area contributed by atoms with E-state index in [1.54, 1.807) is 0 Å².